The van der Waals surface area contributed by atoms with Crippen LogP contribution >= 0.6 is 0 Å². The molecule has 0 unspecified atom stereocenters. The third-order valence-corrected chi connectivity index (χ3v) is 2.52. The standard InChI is InChI=1S/C10H12N2O2/c1-6-4-3-5-12-7(2)8(10(13)14)11-9(6)12/h3-4,11H,5H2,1-2H3,(H,13,14). The van der Waals surface area contributed by atoms with Crippen molar-refractivity contribution < 1.29 is 9.90 Å². The second-order valence-corrected chi connectivity index (χ2v) is 3.44. The fraction of sp³-hybridized carbons (Fsp3) is 0.300. The van der Waals surface area contributed by atoms with Crippen LogP contribution < -0.4 is 5.32 Å². The number of fused-ring (bicyclic) bond motifs is 1. The Hall–Kier alpha value is -1.71. The Morgan fingerprint density at radius 1 is 1.57 bits per heavy atom. The number of carboxylic acid groups (broad SMARTS) is 1. The molecule has 0 aromatic heterocycles. The molecule has 0 amide bonds. The highest BCUT2D eigenvalue weighted by atomic mass is 16.4. The number of rotatable bonds is 1. The molecule has 2 aliphatic rings. The van der Waals surface area contributed by atoms with Gasteiger partial charge in [-0.25, -0.2) is 4.79 Å². The number of carboxylic acids is 1. The molecule has 0 spiro atoms. The van der Waals surface area contributed by atoms with Gasteiger partial charge >= 0.3 is 5.97 Å². The summed E-state index contributed by atoms with van der Waals surface area (Å²) in [7, 11) is 0. The molecular formula is C10H12N2O2. The van der Waals surface area contributed by atoms with Gasteiger partial charge in [0.2, 0.25) is 0 Å². The van der Waals surface area contributed by atoms with Crippen molar-refractivity contribution in [1.29, 1.82) is 0 Å². The number of nitrogens with one attached hydrogen (secondary N) is 1. The topological polar surface area (TPSA) is 52.6 Å². The van der Waals surface area contributed by atoms with Crippen molar-refractivity contribution in [2.75, 3.05) is 6.54 Å². The van der Waals surface area contributed by atoms with Crippen LogP contribution in [0.3, 0.4) is 0 Å². The molecule has 0 aromatic carbocycles. The van der Waals surface area contributed by atoms with E-state index in [2.05, 4.69) is 5.32 Å². The van der Waals surface area contributed by atoms with Gasteiger partial charge in [-0.2, -0.15) is 0 Å². The lowest BCUT2D eigenvalue weighted by Gasteiger charge is -2.23. The molecule has 0 bridgehead atoms. The van der Waals surface area contributed by atoms with E-state index in [1.165, 1.54) is 0 Å². The predicted molar refractivity (Wildman–Crippen MR) is 52.0 cm³/mol. The van der Waals surface area contributed by atoms with Crippen molar-refractivity contribution in [1.82, 2.24) is 10.2 Å². The molecule has 2 rings (SSSR count). The van der Waals surface area contributed by atoms with Crippen LogP contribution in [0.4, 0.5) is 0 Å². The largest absolute Gasteiger partial charge is 0.477 e. The zero-order valence-corrected chi connectivity index (χ0v) is 8.16. The van der Waals surface area contributed by atoms with Crippen molar-refractivity contribution in [3.05, 3.63) is 34.9 Å². The van der Waals surface area contributed by atoms with Crippen LogP contribution in [0.1, 0.15) is 13.8 Å². The fourth-order valence-corrected chi connectivity index (χ4v) is 1.74. The highest BCUT2D eigenvalue weighted by molar-refractivity contribution is 5.88. The summed E-state index contributed by atoms with van der Waals surface area (Å²) < 4.78 is 0. The molecule has 14 heavy (non-hydrogen) atoms. The summed E-state index contributed by atoms with van der Waals surface area (Å²) >= 11 is 0. The van der Waals surface area contributed by atoms with Gasteiger partial charge in [-0.3, -0.25) is 0 Å². The van der Waals surface area contributed by atoms with Gasteiger partial charge in [-0.05, 0) is 19.4 Å². The molecule has 0 aromatic rings. The second-order valence-electron chi connectivity index (χ2n) is 3.44. The first-order valence-electron chi connectivity index (χ1n) is 4.47. The number of allylic oxidation sites excluding steroid dienone is 3. The van der Waals surface area contributed by atoms with Crippen molar-refractivity contribution in [2.45, 2.75) is 13.8 Å². The van der Waals surface area contributed by atoms with Gasteiger partial charge in [-0.15, -0.1) is 0 Å². The Morgan fingerprint density at radius 3 is 2.86 bits per heavy atom. The van der Waals surface area contributed by atoms with Crippen molar-refractivity contribution in [3.63, 3.8) is 0 Å². The highest BCUT2D eigenvalue weighted by Crippen LogP contribution is 2.27. The Bertz CT molecular complexity index is 391. The van der Waals surface area contributed by atoms with E-state index in [-0.39, 0.29) is 5.70 Å². The first-order valence-corrected chi connectivity index (χ1v) is 4.47. The zero-order valence-electron chi connectivity index (χ0n) is 8.16. The van der Waals surface area contributed by atoms with E-state index in [4.69, 9.17) is 5.11 Å². The number of nitrogens with zero attached hydrogens (tertiary/aromatic N) is 1. The van der Waals surface area contributed by atoms with Crippen molar-refractivity contribution in [2.24, 2.45) is 0 Å². The van der Waals surface area contributed by atoms with Gasteiger partial charge < -0.3 is 15.3 Å². The smallest absolute Gasteiger partial charge is 0.354 e. The Morgan fingerprint density at radius 2 is 2.29 bits per heavy atom. The second kappa shape index (κ2) is 2.90. The van der Waals surface area contributed by atoms with Crippen LogP contribution in [0.2, 0.25) is 0 Å². The Kier molecular flexibility index (Phi) is 1.84. The normalized spacial score (nSPS) is 20.0. The fourth-order valence-electron chi connectivity index (χ4n) is 1.74. The van der Waals surface area contributed by atoms with Gasteiger partial charge in [0.15, 0.2) is 0 Å². The summed E-state index contributed by atoms with van der Waals surface area (Å²) in [6.45, 7) is 4.52. The molecule has 0 atom stereocenters. The first kappa shape index (κ1) is 8.87. The van der Waals surface area contributed by atoms with Crippen molar-refractivity contribution >= 4 is 5.97 Å². The molecule has 0 saturated heterocycles. The Balaban J connectivity index is 2.42. The minimum absolute atomic E-state index is 0.281. The lowest BCUT2D eigenvalue weighted by atomic mass is 10.2. The van der Waals surface area contributed by atoms with E-state index in [1.807, 2.05) is 30.9 Å². The van der Waals surface area contributed by atoms with Crippen LogP contribution in [0.25, 0.3) is 0 Å². The molecule has 74 valence electrons. The van der Waals surface area contributed by atoms with Gasteiger partial charge in [-0.1, -0.05) is 12.2 Å². The lowest BCUT2D eigenvalue weighted by molar-refractivity contribution is -0.133. The molecule has 2 heterocycles. The summed E-state index contributed by atoms with van der Waals surface area (Å²) in [6, 6.07) is 0. The molecule has 0 aliphatic carbocycles. The molecular weight excluding hydrogens is 180 g/mol. The summed E-state index contributed by atoms with van der Waals surface area (Å²) in [5.74, 6) is -0.0143. The number of aliphatic carboxylic acids is 1. The number of carbonyl (C=O) groups is 1. The minimum Gasteiger partial charge on any atom is -0.477 e. The van der Waals surface area contributed by atoms with E-state index in [0.29, 0.717) is 0 Å². The SMILES string of the molecule is CC1=C2NC(C(=O)O)=C(C)N2CC=C1. The third-order valence-electron chi connectivity index (χ3n) is 2.52. The maximum absolute atomic E-state index is 10.9. The van der Waals surface area contributed by atoms with Crippen LogP contribution in [0.15, 0.2) is 34.9 Å². The van der Waals surface area contributed by atoms with E-state index in [1.54, 1.807) is 0 Å². The Labute approximate surface area is 82.2 Å². The third kappa shape index (κ3) is 1.11. The molecule has 0 saturated carbocycles. The first-order chi connectivity index (χ1) is 6.61. The summed E-state index contributed by atoms with van der Waals surface area (Å²) in [5.41, 5.74) is 2.12. The molecule has 0 radical (unpaired) electrons. The summed E-state index contributed by atoms with van der Waals surface area (Å²) in [5, 5.41) is 11.9. The summed E-state index contributed by atoms with van der Waals surface area (Å²) in [4.78, 5) is 12.8. The van der Waals surface area contributed by atoms with Gasteiger partial charge in [0, 0.05) is 12.2 Å². The molecule has 0 fully saturated rings. The van der Waals surface area contributed by atoms with E-state index in [9.17, 15) is 4.79 Å². The van der Waals surface area contributed by atoms with Crippen LogP contribution in [-0.2, 0) is 4.79 Å². The number of hydrogen-bond donors (Lipinski definition) is 2. The van der Waals surface area contributed by atoms with E-state index in [0.717, 1.165) is 23.6 Å². The van der Waals surface area contributed by atoms with Gasteiger partial charge in [0.25, 0.3) is 0 Å². The van der Waals surface area contributed by atoms with E-state index < -0.39 is 5.97 Å². The van der Waals surface area contributed by atoms with E-state index >= 15 is 0 Å². The van der Waals surface area contributed by atoms with Crippen LogP contribution in [0, 0.1) is 0 Å². The lowest BCUT2D eigenvalue weighted by Crippen LogP contribution is -2.25. The molecule has 4 nitrogen and oxygen atoms in total. The van der Waals surface area contributed by atoms with Crippen LogP contribution in [0.5, 0.6) is 0 Å². The highest BCUT2D eigenvalue weighted by Gasteiger charge is 2.29. The zero-order chi connectivity index (χ0) is 10.3. The average molecular weight is 192 g/mol. The van der Waals surface area contributed by atoms with Crippen molar-refractivity contribution in [3.8, 4) is 0 Å². The molecule has 2 aliphatic heterocycles. The predicted octanol–water partition coefficient (Wildman–Crippen LogP) is 1.01. The van der Waals surface area contributed by atoms with Gasteiger partial charge in [0.1, 0.15) is 11.5 Å². The molecule has 2 N–H and O–H groups in total. The van der Waals surface area contributed by atoms with Crippen LogP contribution in [-0.4, -0.2) is 22.5 Å². The summed E-state index contributed by atoms with van der Waals surface area (Å²) in [6.07, 6.45) is 4.02. The maximum atomic E-state index is 10.9. The molecule has 4 heteroatoms. The monoisotopic (exact) mass is 192 g/mol. The van der Waals surface area contributed by atoms with Gasteiger partial charge in [0.05, 0.1) is 0 Å². The number of hydrogen-bond acceptors (Lipinski definition) is 3. The minimum atomic E-state index is -0.905. The maximum Gasteiger partial charge on any atom is 0.354 e. The quantitative estimate of drug-likeness (QED) is 0.651. The average Bonchev–Trinajstić information content (AvgIpc) is 2.46.